The molecule has 0 fully saturated rings. The molecule has 174 valence electrons. The summed E-state index contributed by atoms with van der Waals surface area (Å²) in [7, 11) is 1.63. The van der Waals surface area contributed by atoms with Crippen molar-refractivity contribution in [3.8, 4) is 39.1 Å². The number of rotatable bonds is 5. The SMILES string of the molecule is COc1ccc(-c2cc(-c3ccc(C(F)(F)F)cc3)c(C)c(-c3cccc(C(C)C)c3)c2)cc1. The molecule has 1 nitrogen and oxygen atoms in total. The number of hydrogen-bond donors (Lipinski definition) is 0. The summed E-state index contributed by atoms with van der Waals surface area (Å²) in [5.74, 6) is 1.16. The minimum absolute atomic E-state index is 0.388. The molecule has 0 N–H and O–H groups in total. The summed E-state index contributed by atoms with van der Waals surface area (Å²) >= 11 is 0. The van der Waals surface area contributed by atoms with E-state index >= 15 is 0 Å². The van der Waals surface area contributed by atoms with Crippen LogP contribution in [0.1, 0.15) is 36.5 Å². The van der Waals surface area contributed by atoms with Gasteiger partial charge in [0.2, 0.25) is 0 Å². The largest absolute Gasteiger partial charge is 0.497 e. The Bertz CT molecular complexity index is 1280. The van der Waals surface area contributed by atoms with Gasteiger partial charge in [0, 0.05) is 0 Å². The highest BCUT2D eigenvalue weighted by Crippen LogP contribution is 2.39. The Labute approximate surface area is 198 Å². The van der Waals surface area contributed by atoms with E-state index in [1.54, 1.807) is 19.2 Å². The fourth-order valence-corrected chi connectivity index (χ4v) is 4.17. The van der Waals surface area contributed by atoms with Crippen molar-refractivity contribution in [2.45, 2.75) is 32.9 Å². The zero-order valence-electron chi connectivity index (χ0n) is 19.7. The summed E-state index contributed by atoms with van der Waals surface area (Å²) in [5, 5.41) is 0. The van der Waals surface area contributed by atoms with E-state index in [0.717, 1.165) is 56.8 Å². The summed E-state index contributed by atoms with van der Waals surface area (Å²) in [6.45, 7) is 6.35. The van der Waals surface area contributed by atoms with Crippen LogP contribution in [0.2, 0.25) is 0 Å². The van der Waals surface area contributed by atoms with Gasteiger partial charge in [-0.25, -0.2) is 0 Å². The molecule has 34 heavy (non-hydrogen) atoms. The molecule has 0 aliphatic heterocycles. The first-order valence-corrected chi connectivity index (χ1v) is 11.2. The molecule has 0 bridgehead atoms. The first kappa shape index (κ1) is 23.6. The smallest absolute Gasteiger partial charge is 0.416 e. The van der Waals surface area contributed by atoms with Gasteiger partial charge >= 0.3 is 6.18 Å². The van der Waals surface area contributed by atoms with Crippen molar-refractivity contribution < 1.29 is 17.9 Å². The van der Waals surface area contributed by atoms with E-state index in [4.69, 9.17) is 4.74 Å². The Hall–Kier alpha value is -3.53. The molecule has 0 amide bonds. The van der Waals surface area contributed by atoms with E-state index in [2.05, 4.69) is 50.2 Å². The maximum absolute atomic E-state index is 13.1. The summed E-state index contributed by atoms with van der Waals surface area (Å²) in [5.41, 5.74) is 7.43. The third kappa shape index (κ3) is 4.86. The standard InChI is InChI=1S/C30H27F3O/c1-19(2)23-6-5-7-24(16-23)29-18-25(21-10-14-27(34-4)15-11-21)17-28(20(29)3)22-8-12-26(13-9-22)30(31,32)33/h5-19H,1-4H3. The van der Waals surface area contributed by atoms with E-state index in [1.807, 2.05) is 31.2 Å². The van der Waals surface area contributed by atoms with Crippen molar-refractivity contribution in [2.24, 2.45) is 0 Å². The van der Waals surface area contributed by atoms with Crippen LogP contribution in [0.4, 0.5) is 13.2 Å². The fraction of sp³-hybridized carbons (Fsp3) is 0.200. The molecule has 0 radical (unpaired) electrons. The van der Waals surface area contributed by atoms with E-state index < -0.39 is 11.7 Å². The topological polar surface area (TPSA) is 9.23 Å². The van der Waals surface area contributed by atoms with E-state index in [9.17, 15) is 13.2 Å². The van der Waals surface area contributed by atoms with Gasteiger partial charge in [0.25, 0.3) is 0 Å². The van der Waals surface area contributed by atoms with Crippen molar-refractivity contribution >= 4 is 0 Å². The molecule has 4 heteroatoms. The maximum Gasteiger partial charge on any atom is 0.416 e. The number of methoxy groups -OCH3 is 1. The number of halogens is 3. The molecule has 0 heterocycles. The predicted molar refractivity (Wildman–Crippen MR) is 133 cm³/mol. The zero-order chi connectivity index (χ0) is 24.5. The molecule has 0 atom stereocenters. The fourth-order valence-electron chi connectivity index (χ4n) is 4.17. The van der Waals surface area contributed by atoms with Gasteiger partial charge in [-0.3, -0.25) is 0 Å². The van der Waals surface area contributed by atoms with Gasteiger partial charge < -0.3 is 4.74 Å². The molecule has 0 saturated carbocycles. The molecule has 0 aliphatic rings. The van der Waals surface area contributed by atoms with Crippen molar-refractivity contribution in [3.63, 3.8) is 0 Å². The average molecular weight is 461 g/mol. The lowest BCUT2D eigenvalue weighted by Crippen LogP contribution is -2.04. The summed E-state index contributed by atoms with van der Waals surface area (Å²) in [6, 6.07) is 25.9. The van der Waals surface area contributed by atoms with Gasteiger partial charge in [-0.2, -0.15) is 13.2 Å². The molecular formula is C30H27F3O. The van der Waals surface area contributed by atoms with Crippen molar-refractivity contribution in [1.29, 1.82) is 0 Å². The Morgan fingerprint density at radius 1 is 0.676 bits per heavy atom. The minimum atomic E-state index is -4.36. The molecule has 0 unspecified atom stereocenters. The molecule has 4 aromatic rings. The number of benzene rings is 4. The van der Waals surface area contributed by atoms with Crippen LogP contribution in [0.3, 0.4) is 0 Å². The predicted octanol–water partition coefficient (Wildman–Crippen LogP) is 9.15. The highest BCUT2D eigenvalue weighted by atomic mass is 19.4. The summed E-state index contributed by atoms with van der Waals surface area (Å²) < 4.78 is 44.7. The Balaban J connectivity index is 1.91. The molecule has 4 aromatic carbocycles. The van der Waals surface area contributed by atoms with Gasteiger partial charge in [-0.1, -0.05) is 62.4 Å². The van der Waals surface area contributed by atoms with Crippen molar-refractivity contribution in [2.75, 3.05) is 7.11 Å². The maximum atomic E-state index is 13.1. The lowest BCUT2D eigenvalue weighted by molar-refractivity contribution is -0.137. The van der Waals surface area contributed by atoms with E-state index in [0.29, 0.717) is 5.92 Å². The zero-order valence-corrected chi connectivity index (χ0v) is 19.7. The second-order valence-corrected chi connectivity index (χ2v) is 8.78. The lowest BCUT2D eigenvalue weighted by Gasteiger charge is -2.17. The molecule has 0 spiro atoms. The Kier molecular flexibility index (Phi) is 6.52. The normalized spacial score (nSPS) is 11.6. The van der Waals surface area contributed by atoms with Gasteiger partial charge in [0.15, 0.2) is 0 Å². The second-order valence-electron chi connectivity index (χ2n) is 8.78. The number of alkyl halides is 3. The first-order chi connectivity index (χ1) is 16.2. The third-order valence-electron chi connectivity index (χ3n) is 6.22. The number of hydrogen-bond acceptors (Lipinski definition) is 1. The van der Waals surface area contributed by atoms with Crippen LogP contribution in [-0.4, -0.2) is 7.11 Å². The molecule has 4 rings (SSSR count). The third-order valence-corrected chi connectivity index (χ3v) is 6.22. The molecule has 0 aliphatic carbocycles. The van der Waals surface area contributed by atoms with Gasteiger partial charge in [0.05, 0.1) is 12.7 Å². The van der Waals surface area contributed by atoms with Crippen LogP contribution < -0.4 is 4.74 Å². The van der Waals surface area contributed by atoms with Crippen LogP contribution in [0.5, 0.6) is 5.75 Å². The van der Waals surface area contributed by atoms with Gasteiger partial charge in [-0.05, 0) is 93.7 Å². The van der Waals surface area contributed by atoms with Crippen LogP contribution in [0.25, 0.3) is 33.4 Å². The first-order valence-electron chi connectivity index (χ1n) is 11.2. The summed E-state index contributed by atoms with van der Waals surface area (Å²) in [4.78, 5) is 0. The van der Waals surface area contributed by atoms with Gasteiger partial charge in [0.1, 0.15) is 5.75 Å². The summed E-state index contributed by atoms with van der Waals surface area (Å²) in [6.07, 6.45) is -4.36. The average Bonchev–Trinajstić information content (AvgIpc) is 2.84. The van der Waals surface area contributed by atoms with Crippen LogP contribution >= 0.6 is 0 Å². The van der Waals surface area contributed by atoms with E-state index in [1.165, 1.54) is 5.56 Å². The van der Waals surface area contributed by atoms with Crippen molar-refractivity contribution in [1.82, 2.24) is 0 Å². The van der Waals surface area contributed by atoms with E-state index in [-0.39, 0.29) is 0 Å². The molecular weight excluding hydrogens is 433 g/mol. The quantitative estimate of drug-likeness (QED) is 0.288. The Morgan fingerprint density at radius 3 is 1.82 bits per heavy atom. The van der Waals surface area contributed by atoms with Crippen molar-refractivity contribution in [3.05, 3.63) is 102 Å². The molecule has 0 aromatic heterocycles. The minimum Gasteiger partial charge on any atom is -0.497 e. The van der Waals surface area contributed by atoms with Crippen LogP contribution in [0.15, 0.2) is 84.9 Å². The second kappa shape index (κ2) is 9.38. The van der Waals surface area contributed by atoms with Crippen LogP contribution in [0, 0.1) is 6.92 Å². The van der Waals surface area contributed by atoms with Gasteiger partial charge in [-0.15, -0.1) is 0 Å². The highest BCUT2D eigenvalue weighted by Gasteiger charge is 2.30. The highest BCUT2D eigenvalue weighted by molar-refractivity contribution is 5.85. The van der Waals surface area contributed by atoms with Crippen LogP contribution in [-0.2, 0) is 6.18 Å². The monoisotopic (exact) mass is 460 g/mol. The number of ether oxygens (including phenoxy) is 1. The Morgan fingerprint density at radius 2 is 1.26 bits per heavy atom. The molecule has 0 saturated heterocycles. The lowest BCUT2D eigenvalue weighted by atomic mass is 9.87.